The number of aromatic nitrogens is 3. The second kappa shape index (κ2) is 8.66. The highest BCUT2D eigenvalue weighted by molar-refractivity contribution is 7.99. The fraction of sp³-hybridized carbons (Fsp3) is 0.471. The lowest BCUT2D eigenvalue weighted by Gasteiger charge is -2.28. The number of rotatable bonds is 7. The Balaban J connectivity index is 1.86. The lowest BCUT2D eigenvalue weighted by atomic mass is 9.99. The molecule has 0 spiro atoms. The molecule has 0 bridgehead atoms. The first-order valence-corrected chi connectivity index (χ1v) is 9.56. The molecule has 0 aliphatic carbocycles. The van der Waals surface area contributed by atoms with E-state index in [9.17, 15) is 25.5 Å². The minimum Gasteiger partial charge on any atom is -0.394 e. The van der Waals surface area contributed by atoms with Gasteiger partial charge in [0.1, 0.15) is 30.5 Å². The van der Waals surface area contributed by atoms with Gasteiger partial charge in [0.2, 0.25) is 5.16 Å². The van der Waals surface area contributed by atoms with Crippen LogP contribution in [0.2, 0.25) is 0 Å². The van der Waals surface area contributed by atoms with E-state index in [1.807, 2.05) is 31.2 Å². The second-order valence-corrected chi connectivity index (χ2v) is 7.46. The number of nitrogens with zero attached hydrogens (tertiary/aromatic N) is 4. The van der Waals surface area contributed by atoms with Crippen LogP contribution in [0.15, 0.2) is 34.5 Å². The Hall–Kier alpha value is -1.86. The summed E-state index contributed by atoms with van der Waals surface area (Å²) in [6.07, 6.45) is -9.10. The van der Waals surface area contributed by atoms with E-state index in [1.165, 1.54) is 16.4 Å². The molecule has 0 saturated heterocycles. The summed E-state index contributed by atoms with van der Waals surface area (Å²) in [5.74, 6) is 0.424. The van der Waals surface area contributed by atoms with Crippen LogP contribution in [0.25, 0.3) is 0 Å². The quantitative estimate of drug-likeness (QED) is 0.316. The van der Waals surface area contributed by atoms with Crippen molar-refractivity contribution >= 4 is 17.5 Å². The highest BCUT2D eigenvalue weighted by Gasteiger charge is 2.37. The molecule has 2 heterocycles. The molecule has 2 aromatic rings. The molecule has 152 valence electrons. The summed E-state index contributed by atoms with van der Waals surface area (Å²) >= 11 is 1.35. The predicted molar refractivity (Wildman–Crippen MR) is 99.9 cm³/mol. The minimum absolute atomic E-state index is 0.121. The van der Waals surface area contributed by atoms with Crippen LogP contribution >= 0.6 is 11.8 Å². The maximum atomic E-state index is 10.4. The minimum atomic E-state index is -1.93. The fourth-order valence-corrected chi connectivity index (χ4v) is 3.54. The van der Waals surface area contributed by atoms with E-state index in [1.54, 1.807) is 0 Å². The molecule has 0 fully saturated rings. The third kappa shape index (κ3) is 4.10. The molecule has 0 unspecified atom stereocenters. The predicted octanol–water partition coefficient (Wildman–Crippen LogP) is -1.59. The normalized spacial score (nSPS) is 19.3. The summed E-state index contributed by atoms with van der Waals surface area (Å²) < 4.78 is 1.28. The summed E-state index contributed by atoms with van der Waals surface area (Å²) in [4.78, 5) is 0. The zero-order valence-corrected chi connectivity index (χ0v) is 15.8. The van der Waals surface area contributed by atoms with E-state index < -0.39 is 37.1 Å². The Bertz CT molecular complexity index is 843. The molecule has 1 aromatic heterocycles. The summed E-state index contributed by atoms with van der Waals surface area (Å²) in [5.41, 5.74) is 2.71. The Morgan fingerprint density at radius 2 is 1.68 bits per heavy atom. The smallest absolute Gasteiger partial charge is 0.212 e. The Morgan fingerprint density at radius 1 is 1.00 bits per heavy atom. The Labute approximate surface area is 164 Å². The van der Waals surface area contributed by atoms with Crippen LogP contribution in [0.5, 0.6) is 0 Å². The maximum absolute atomic E-state index is 10.4. The van der Waals surface area contributed by atoms with Crippen LogP contribution in [-0.4, -0.2) is 88.0 Å². The molecule has 0 amide bonds. The topological polar surface area (TPSA) is 164 Å². The summed E-state index contributed by atoms with van der Waals surface area (Å²) in [5, 5.41) is 71.3. The van der Waals surface area contributed by atoms with Gasteiger partial charge in [0.15, 0.2) is 5.82 Å². The number of aliphatic hydroxyl groups excluding tert-OH is 6. The third-order valence-corrected chi connectivity index (χ3v) is 5.38. The standard InChI is InChI=1S/C17H22N4O6S/c1-8-2-4-9(5-3-8)10-7-28-17-19-18-16(21(17)20-10)15(27)14(26)13(25)12(24)11(23)6-22/h2-5,11-15,22-27H,6-7H2,1H3/t11-,12-,13+,14-,15+/m1/s1. The highest BCUT2D eigenvalue weighted by Crippen LogP contribution is 2.28. The van der Waals surface area contributed by atoms with Gasteiger partial charge >= 0.3 is 0 Å². The van der Waals surface area contributed by atoms with Gasteiger partial charge in [-0.3, -0.25) is 0 Å². The van der Waals surface area contributed by atoms with E-state index in [4.69, 9.17) is 5.11 Å². The van der Waals surface area contributed by atoms with Crippen molar-refractivity contribution in [2.24, 2.45) is 5.10 Å². The molecule has 0 radical (unpaired) electrons. The number of aliphatic hydroxyl groups is 6. The monoisotopic (exact) mass is 410 g/mol. The molecule has 5 atom stereocenters. The highest BCUT2D eigenvalue weighted by atomic mass is 32.2. The molecular weight excluding hydrogens is 388 g/mol. The SMILES string of the molecule is Cc1ccc(C2=Nn3c(nnc3[C@@H](O)[C@H](O)[C@@H](O)[C@H](O)[C@H](O)CO)SC2)cc1. The van der Waals surface area contributed by atoms with Gasteiger partial charge in [-0.1, -0.05) is 41.6 Å². The van der Waals surface area contributed by atoms with E-state index in [-0.39, 0.29) is 5.82 Å². The number of thioether (sulfide) groups is 1. The third-order valence-electron chi connectivity index (χ3n) is 4.45. The van der Waals surface area contributed by atoms with Crippen molar-refractivity contribution in [3.63, 3.8) is 0 Å². The van der Waals surface area contributed by atoms with Crippen molar-refractivity contribution in [3.05, 3.63) is 41.2 Å². The summed E-state index contributed by atoms with van der Waals surface area (Å²) in [6.45, 7) is 1.16. The van der Waals surface area contributed by atoms with Crippen LogP contribution in [0.4, 0.5) is 0 Å². The Kier molecular flexibility index (Phi) is 6.45. The van der Waals surface area contributed by atoms with Crippen LogP contribution in [0, 0.1) is 6.92 Å². The molecule has 10 nitrogen and oxygen atoms in total. The summed E-state index contributed by atoms with van der Waals surface area (Å²) in [6, 6.07) is 7.75. The fourth-order valence-electron chi connectivity index (χ4n) is 2.69. The Morgan fingerprint density at radius 3 is 2.32 bits per heavy atom. The number of hydrogen-bond acceptors (Lipinski definition) is 10. The number of benzene rings is 1. The van der Waals surface area contributed by atoms with Crippen molar-refractivity contribution in [1.82, 2.24) is 14.9 Å². The van der Waals surface area contributed by atoms with Gasteiger partial charge in [-0.2, -0.15) is 9.78 Å². The van der Waals surface area contributed by atoms with Crippen LogP contribution < -0.4 is 0 Å². The van der Waals surface area contributed by atoms with E-state index in [2.05, 4.69) is 15.3 Å². The average Bonchev–Trinajstić information content (AvgIpc) is 3.14. The number of hydrogen-bond donors (Lipinski definition) is 6. The van der Waals surface area contributed by atoms with Crippen LogP contribution in [-0.2, 0) is 0 Å². The first kappa shape index (κ1) is 20.9. The van der Waals surface area contributed by atoms with Crippen molar-refractivity contribution < 1.29 is 30.6 Å². The molecule has 1 aromatic carbocycles. The second-order valence-electron chi connectivity index (χ2n) is 6.52. The van der Waals surface area contributed by atoms with Gasteiger partial charge in [0.05, 0.1) is 12.3 Å². The largest absolute Gasteiger partial charge is 0.394 e. The van der Waals surface area contributed by atoms with Crippen LogP contribution in [0.1, 0.15) is 23.1 Å². The van der Waals surface area contributed by atoms with Gasteiger partial charge in [0.25, 0.3) is 0 Å². The average molecular weight is 410 g/mol. The molecule has 3 rings (SSSR count). The van der Waals surface area contributed by atoms with E-state index in [0.29, 0.717) is 10.9 Å². The summed E-state index contributed by atoms with van der Waals surface area (Å²) in [7, 11) is 0. The lowest BCUT2D eigenvalue weighted by Crippen LogP contribution is -2.48. The van der Waals surface area contributed by atoms with Crippen LogP contribution in [0.3, 0.4) is 0 Å². The lowest BCUT2D eigenvalue weighted by molar-refractivity contribution is -0.142. The van der Waals surface area contributed by atoms with Gasteiger partial charge in [-0.05, 0) is 12.5 Å². The van der Waals surface area contributed by atoms with E-state index in [0.717, 1.165) is 16.8 Å². The molecule has 6 N–H and O–H groups in total. The molecule has 11 heteroatoms. The first-order chi connectivity index (χ1) is 13.3. The molecule has 0 saturated carbocycles. The maximum Gasteiger partial charge on any atom is 0.212 e. The molecule has 1 aliphatic heterocycles. The van der Waals surface area contributed by atoms with Gasteiger partial charge in [0, 0.05) is 5.75 Å². The van der Waals surface area contributed by atoms with Crippen molar-refractivity contribution in [1.29, 1.82) is 0 Å². The first-order valence-electron chi connectivity index (χ1n) is 8.57. The van der Waals surface area contributed by atoms with Gasteiger partial charge in [-0.25, -0.2) is 0 Å². The number of aryl methyl sites for hydroxylation is 1. The molecular formula is C17H22N4O6S. The van der Waals surface area contributed by atoms with Crippen molar-refractivity contribution in [3.8, 4) is 0 Å². The van der Waals surface area contributed by atoms with Crippen molar-refractivity contribution in [2.75, 3.05) is 12.4 Å². The zero-order chi connectivity index (χ0) is 20.4. The molecule has 28 heavy (non-hydrogen) atoms. The van der Waals surface area contributed by atoms with Gasteiger partial charge in [-0.15, -0.1) is 10.2 Å². The van der Waals surface area contributed by atoms with Crippen molar-refractivity contribution in [2.45, 2.75) is 42.6 Å². The van der Waals surface area contributed by atoms with E-state index >= 15 is 0 Å². The van der Waals surface area contributed by atoms with Gasteiger partial charge < -0.3 is 30.6 Å². The zero-order valence-electron chi connectivity index (χ0n) is 15.0. The number of fused-ring (bicyclic) bond motifs is 1. The molecule has 1 aliphatic rings.